The van der Waals surface area contributed by atoms with Crippen LogP contribution in [0.4, 0.5) is 17.5 Å². The van der Waals surface area contributed by atoms with Crippen LogP contribution in [-0.4, -0.2) is 48.9 Å². The largest absolute Gasteiger partial charge is 0.454 e. The van der Waals surface area contributed by atoms with Gasteiger partial charge in [-0.25, -0.2) is 4.98 Å². The number of nitrogens with one attached hydrogen (secondary N) is 1. The highest BCUT2D eigenvalue weighted by atomic mass is 16.7. The summed E-state index contributed by atoms with van der Waals surface area (Å²) in [7, 11) is 0. The number of aryl methyl sites for hydroxylation is 1. The number of piperidine rings is 1. The summed E-state index contributed by atoms with van der Waals surface area (Å²) in [5, 5.41) is 3.27. The van der Waals surface area contributed by atoms with Crippen LogP contribution in [0.3, 0.4) is 0 Å². The molecule has 0 saturated carbocycles. The standard InChI is InChI=1S/C19H22N4O4/c1-13-10-17(23-6-4-19(5-7-23)26-8-9-27-19)22-18(20-13)21-14-2-3-15-16(11-14)25-12-24-15/h2-3,10-11H,4-9,12H2,1H3,(H,20,21,22). The van der Waals surface area contributed by atoms with Crippen molar-refractivity contribution in [3.8, 4) is 11.5 Å². The molecule has 0 amide bonds. The number of anilines is 3. The first-order valence-electron chi connectivity index (χ1n) is 9.24. The average Bonchev–Trinajstić information content (AvgIpc) is 3.31. The Morgan fingerprint density at radius 1 is 1.00 bits per heavy atom. The van der Waals surface area contributed by atoms with E-state index >= 15 is 0 Å². The number of hydrogen-bond donors (Lipinski definition) is 1. The van der Waals surface area contributed by atoms with E-state index in [9.17, 15) is 0 Å². The van der Waals surface area contributed by atoms with Crippen LogP contribution in [-0.2, 0) is 9.47 Å². The minimum absolute atomic E-state index is 0.258. The van der Waals surface area contributed by atoms with Crippen molar-refractivity contribution < 1.29 is 18.9 Å². The molecule has 5 rings (SSSR count). The Bertz CT molecular complexity index is 844. The van der Waals surface area contributed by atoms with Crippen molar-refractivity contribution in [1.29, 1.82) is 0 Å². The normalized spacial score (nSPS) is 20.3. The van der Waals surface area contributed by atoms with E-state index in [1.807, 2.05) is 31.2 Å². The quantitative estimate of drug-likeness (QED) is 0.883. The van der Waals surface area contributed by atoms with E-state index in [4.69, 9.17) is 23.9 Å². The minimum Gasteiger partial charge on any atom is -0.454 e. The molecule has 4 heterocycles. The lowest BCUT2D eigenvalue weighted by Gasteiger charge is -2.38. The summed E-state index contributed by atoms with van der Waals surface area (Å²) in [6, 6.07) is 7.72. The van der Waals surface area contributed by atoms with Gasteiger partial charge in [-0.2, -0.15) is 4.98 Å². The van der Waals surface area contributed by atoms with Crippen LogP contribution in [0.25, 0.3) is 0 Å². The van der Waals surface area contributed by atoms with Gasteiger partial charge in [0.1, 0.15) is 5.82 Å². The maximum atomic E-state index is 5.81. The summed E-state index contributed by atoms with van der Waals surface area (Å²) in [4.78, 5) is 11.5. The number of ether oxygens (including phenoxy) is 4. The maximum Gasteiger partial charge on any atom is 0.231 e. The second-order valence-electron chi connectivity index (χ2n) is 6.98. The van der Waals surface area contributed by atoms with Crippen LogP contribution in [0.15, 0.2) is 24.3 Å². The average molecular weight is 370 g/mol. The molecule has 0 aliphatic carbocycles. The van der Waals surface area contributed by atoms with Gasteiger partial charge >= 0.3 is 0 Å². The fourth-order valence-corrected chi connectivity index (χ4v) is 3.74. The number of benzene rings is 1. The first-order chi connectivity index (χ1) is 13.2. The van der Waals surface area contributed by atoms with Gasteiger partial charge in [-0.3, -0.25) is 0 Å². The lowest BCUT2D eigenvalue weighted by Crippen LogP contribution is -2.45. The molecule has 2 fully saturated rings. The molecule has 3 aliphatic rings. The monoisotopic (exact) mass is 370 g/mol. The summed E-state index contributed by atoms with van der Waals surface area (Å²) < 4.78 is 22.4. The van der Waals surface area contributed by atoms with Crippen molar-refractivity contribution in [2.24, 2.45) is 0 Å². The van der Waals surface area contributed by atoms with Gasteiger partial charge in [-0.15, -0.1) is 0 Å². The molecular weight excluding hydrogens is 348 g/mol. The van der Waals surface area contributed by atoms with Crippen LogP contribution < -0.4 is 19.7 Å². The summed E-state index contributed by atoms with van der Waals surface area (Å²) in [6.07, 6.45) is 1.70. The highest BCUT2D eigenvalue weighted by Crippen LogP contribution is 2.35. The Kier molecular flexibility index (Phi) is 4.02. The van der Waals surface area contributed by atoms with Gasteiger partial charge < -0.3 is 29.2 Å². The highest BCUT2D eigenvalue weighted by Gasteiger charge is 2.40. The number of aromatic nitrogens is 2. The van der Waals surface area contributed by atoms with E-state index in [0.717, 1.165) is 54.6 Å². The van der Waals surface area contributed by atoms with Gasteiger partial charge in [0.25, 0.3) is 0 Å². The maximum absolute atomic E-state index is 5.81. The van der Waals surface area contributed by atoms with E-state index in [1.54, 1.807) is 0 Å². The SMILES string of the molecule is Cc1cc(N2CCC3(CC2)OCCO3)nc(Nc2ccc3c(c2)OCO3)n1. The number of nitrogens with zero attached hydrogens (tertiary/aromatic N) is 3. The van der Waals surface area contributed by atoms with Crippen molar-refractivity contribution in [1.82, 2.24) is 9.97 Å². The molecule has 142 valence electrons. The van der Waals surface area contributed by atoms with Crippen molar-refractivity contribution in [3.63, 3.8) is 0 Å². The smallest absolute Gasteiger partial charge is 0.231 e. The molecule has 3 aliphatic heterocycles. The second-order valence-corrected chi connectivity index (χ2v) is 6.98. The Hall–Kier alpha value is -2.58. The fourth-order valence-electron chi connectivity index (χ4n) is 3.74. The molecule has 0 bridgehead atoms. The van der Waals surface area contributed by atoms with E-state index in [0.29, 0.717) is 19.2 Å². The van der Waals surface area contributed by atoms with Gasteiger partial charge in [0.15, 0.2) is 17.3 Å². The number of hydrogen-bond acceptors (Lipinski definition) is 8. The van der Waals surface area contributed by atoms with Crippen molar-refractivity contribution in [2.45, 2.75) is 25.6 Å². The molecule has 0 atom stereocenters. The van der Waals surface area contributed by atoms with Gasteiger partial charge in [-0.05, 0) is 19.1 Å². The van der Waals surface area contributed by atoms with Crippen LogP contribution in [0.1, 0.15) is 18.5 Å². The van der Waals surface area contributed by atoms with Crippen LogP contribution >= 0.6 is 0 Å². The summed E-state index contributed by atoms with van der Waals surface area (Å²) >= 11 is 0. The molecule has 1 aromatic heterocycles. The third kappa shape index (κ3) is 3.26. The molecule has 27 heavy (non-hydrogen) atoms. The highest BCUT2D eigenvalue weighted by molar-refractivity contribution is 5.61. The molecule has 2 aromatic rings. The molecule has 1 spiro atoms. The zero-order valence-corrected chi connectivity index (χ0v) is 15.2. The first kappa shape index (κ1) is 16.6. The Morgan fingerprint density at radius 2 is 1.78 bits per heavy atom. The number of fused-ring (bicyclic) bond motifs is 1. The van der Waals surface area contributed by atoms with Crippen molar-refractivity contribution >= 4 is 17.5 Å². The Balaban J connectivity index is 1.32. The topological polar surface area (TPSA) is 78.0 Å². The molecule has 8 nitrogen and oxygen atoms in total. The minimum atomic E-state index is -0.383. The summed E-state index contributed by atoms with van der Waals surface area (Å²) in [5.74, 6) is 2.58. The van der Waals surface area contributed by atoms with Gasteiger partial charge in [0.2, 0.25) is 12.7 Å². The molecule has 1 N–H and O–H groups in total. The van der Waals surface area contributed by atoms with Gasteiger partial charge in [0, 0.05) is 49.4 Å². The van der Waals surface area contributed by atoms with E-state index in [1.165, 1.54) is 0 Å². The third-order valence-corrected chi connectivity index (χ3v) is 5.13. The molecule has 0 unspecified atom stereocenters. The summed E-state index contributed by atoms with van der Waals surface area (Å²) in [6.45, 7) is 5.31. The third-order valence-electron chi connectivity index (χ3n) is 5.13. The summed E-state index contributed by atoms with van der Waals surface area (Å²) in [5.41, 5.74) is 1.78. The van der Waals surface area contributed by atoms with Crippen molar-refractivity contribution in [3.05, 3.63) is 30.0 Å². The van der Waals surface area contributed by atoms with E-state index < -0.39 is 0 Å². The van der Waals surface area contributed by atoms with Gasteiger partial charge in [0.05, 0.1) is 13.2 Å². The second kappa shape index (κ2) is 6.54. The zero-order chi connectivity index (χ0) is 18.3. The predicted octanol–water partition coefficient (Wildman–Crippen LogP) is 2.60. The van der Waals surface area contributed by atoms with Crippen molar-refractivity contribution in [2.75, 3.05) is 43.3 Å². The van der Waals surface area contributed by atoms with Crippen LogP contribution in [0.2, 0.25) is 0 Å². The number of rotatable bonds is 3. The molecule has 8 heteroatoms. The fraction of sp³-hybridized carbons (Fsp3) is 0.474. The van der Waals surface area contributed by atoms with E-state index in [-0.39, 0.29) is 12.6 Å². The lowest BCUT2D eigenvalue weighted by molar-refractivity contribution is -0.169. The molecule has 1 aromatic carbocycles. The zero-order valence-electron chi connectivity index (χ0n) is 15.2. The van der Waals surface area contributed by atoms with Crippen LogP contribution in [0, 0.1) is 6.92 Å². The molecular formula is C19H22N4O4. The Labute approximate surface area is 157 Å². The molecule has 0 radical (unpaired) electrons. The van der Waals surface area contributed by atoms with E-state index in [2.05, 4.69) is 15.2 Å². The van der Waals surface area contributed by atoms with Crippen LogP contribution in [0.5, 0.6) is 11.5 Å². The molecule has 2 saturated heterocycles. The lowest BCUT2D eigenvalue weighted by atomic mass is 10.0. The Morgan fingerprint density at radius 3 is 2.59 bits per heavy atom. The predicted molar refractivity (Wildman–Crippen MR) is 98.7 cm³/mol. The van der Waals surface area contributed by atoms with Gasteiger partial charge in [-0.1, -0.05) is 0 Å². The first-order valence-corrected chi connectivity index (χ1v) is 9.24.